The highest BCUT2D eigenvalue weighted by atomic mass is 35.5. The Kier molecular flexibility index (Phi) is 6.03. The highest BCUT2D eigenvalue weighted by molar-refractivity contribution is 7.10. The molecular weight excluding hydrogens is 384 g/mol. The van der Waals surface area contributed by atoms with Crippen LogP contribution in [-0.4, -0.2) is 25.3 Å². The van der Waals surface area contributed by atoms with E-state index in [0.717, 1.165) is 28.5 Å². The number of benzene rings is 1. The molecule has 0 fully saturated rings. The number of esters is 1. The molecule has 2 aromatic heterocycles. The standard InChI is InChI=1S/C19H19ClN4O2S/c1-12-4-6-15(7-5-12)10-24-14(3)16(13(2)22-24)8-9-18(25)26-11-17-19(20)27-23-21-17/h4-9H,10-11H2,1-3H3/b9-8+. The maximum atomic E-state index is 12.0. The SMILES string of the molecule is Cc1ccc(Cn2nc(C)c(/C=C/C(=O)OCc3nnsc3Cl)c2C)cc1. The van der Waals surface area contributed by atoms with Crippen LogP contribution in [0.5, 0.6) is 0 Å². The molecule has 2 heterocycles. The first-order valence-electron chi connectivity index (χ1n) is 8.35. The summed E-state index contributed by atoms with van der Waals surface area (Å²) in [6, 6.07) is 8.36. The molecule has 8 heteroatoms. The van der Waals surface area contributed by atoms with Gasteiger partial charge in [-0.3, -0.25) is 4.68 Å². The molecule has 0 aliphatic carbocycles. The summed E-state index contributed by atoms with van der Waals surface area (Å²) >= 11 is 6.95. The fourth-order valence-electron chi connectivity index (χ4n) is 2.59. The van der Waals surface area contributed by atoms with Crippen molar-refractivity contribution in [1.29, 1.82) is 0 Å². The number of hydrogen-bond acceptors (Lipinski definition) is 6. The molecule has 0 atom stereocenters. The Bertz CT molecular complexity index is 976. The largest absolute Gasteiger partial charge is 0.456 e. The van der Waals surface area contributed by atoms with Gasteiger partial charge in [-0.2, -0.15) is 5.10 Å². The smallest absolute Gasteiger partial charge is 0.331 e. The Hall–Kier alpha value is -2.51. The van der Waals surface area contributed by atoms with Crippen LogP contribution >= 0.6 is 23.1 Å². The number of nitrogens with zero attached hydrogens (tertiary/aromatic N) is 4. The number of ether oxygens (including phenoxy) is 1. The van der Waals surface area contributed by atoms with E-state index in [-0.39, 0.29) is 6.61 Å². The van der Waals surface area contributed by atoms with Crippen LogP contribution in [0.3, 0.4) is 0 Å². The van der Waals surface area contributed by atoms with Crippen molar-refractivity contribution in [3.63, 3.8) is 0 Å². The average Bonchev–Trinajstić information content (AvgIpc) is 3.16. The first-order chi connectivity index (χ1) is 12.9. The van der Waals surface area contributed by atoms with Crippen LogP contribution in [-0.2, 0) is 22.7 Å². The summed E-state index contributed by atoms with van der Waals surface area (Å²) in [6.07, 6.45) is 3.12. The fourth-order valence-corrected chi connectivity index (χ4v) is 3.20. The summed E-state index contributed by atoms with van der Waals surface area (Å²) in [4.78, 5) is 12.0. The monoisotopic (exact) mass is 402 g/mol. The highest BCUT2D eigenvalue weighted by Crippen LogP contribution is 2.19. The maximum Gasteiger partial charge on any atom is 0.331 e. The molecule has 0 saturated carbocycles. The van der Waals surface area contributed by atoms with Gasteiger partial charge in [0.2, 0.25) is 0 Å². The Labute approximate surface area is 166 Å². The zero-order valence-electron chi connectivity index (χ0n) is 15.3. The molecule has 0 aliphatic rings. The van der Waals surface area contributed by atoms with Crippen LogP contribution in [0.2, 0.25) is 4.34 Å². The van der Waals surface area contributed by atoms with Crippen LogP contribution in [0.15, 0.2) is 30.3 Å². The van der Waals surface area contributed by atoms with E-state index in [4.69, 9.17) is 16.3 Å². The molecule has 0 saturated heterocycles. The molecular formula is C19H19ClN4O2S. The van der Waals surface area contributed by atoms with Gasteiger partial charge >= 0.3 is 5.97 Å². The molecule has 0 unspecified atom stereocenters. The number of rotatable bonds is 6. The molecule has 0 amide bonds. The van der Waals surface area contributed by atoms with Crippen molar-refractivity contribution >= 4 is 35.2 Å². The summed E-state index contributed by atoms with van der Waals surface area (Å²) in [5.74, 6) is -0.468. The van der Waals surface area contributed by atoms with E-state index in [0.29, 0.717) is 16.6 Å². The van der Waals surface area contributed by atoms with Gasteiger partial charge in [0.15, 0.2) is 0 Å². The third-order valence-corrected chi connectivity index (χ3v) is 5.12. The van der Waals surface area contributed by atoms with Gasteiger partial charge in [0, 0.05) is 28.9 Å². The lowest BCUT2D eigenvalue weighted by Gasteiger charge is -2.05. The number of aromatic nitrogens is 4. The zero-order chi connectivity index (χ0) is 19.4. The van der Waals surface area contributed by atoms with Crippen molar-refractivity contribution in [3.05, 3.63) is 68.4 Å². The predicted octanol–water partition coefficient (Wildman–Crippen LogP) is 4.12. The maximum absolute atomic E-state index is 12.0. The second kappa shape index (κ2) is 8.45. The van der Waals surface area contributed by atoms with E-state index >= 15 is 0 Å². The summed E-state index contributed by atoms with van der Waals surface area (Å²) < 4.78 is 11.2. The molecule has 140 valence electrons. The van der Waals surface area contributed by atoms with E-state index in [1.165, 1.54) is 17.2 Å². The third kappa shape index (κ3) is 4.81. The molecule has 0 N–H and O–H groups in total. The molecule has 0 aliphatic heterocycles. The summed E-state index contributed by atoms with van der Waals surface area (Å²) in [6.45, 7) is 6.65. The van der Waals surface area contributed by atoms with Crippen LogP contribution in [0.1, 0.15) is 33.8 Å². The molecule has 6 nitrogen and oxygen atoms in total. The Morgan fingerprint density at radius 3 is 2.67 bits per heavy atom. The van der Waals surface area contributed by atoms with E-state index in [2.05, 4.69) is 45.9 Å². The molecule has 3 rings (SSSR count). The lowest BCUT2D eigenvalue weighted by molar-refractivity contribution is -0.139. The lowest BCUT2D eigenvalue weighted by Crippen LogP contribution is -2.04. The summed E-state index contributed by atoms with van der Waals surface area (Å²) in [5.41, 5.74) is 5.62. The van der Waals surface area contributed by atoms with E-state index in [9.17, 15) is 4.79 Å². The van der Waals surface area contributed by atoms with Gasteiger partial charge in [-0.1, -0.05) is 45.9 Å². The molecule has 1 aromatic carbocycles. The average molecular weight is 403 g/mol. The Morgan fingerprint density at radius 1 is 1.26 bits per heavy atom. The minimum absolute atomic E-state index is 0.00313. The van der Waals surface area contributed by atoms with Crippen molar-refractivity contribution in [2.45, 2.75) is 33.9 Å². The van der Waals surface area contributed by atoms with Gasteiger partial charge in [-0.25, -0.2) is 4.79 Å². The minimum Gasteiger partial charge on any atom is -0.456 e. The van der Waals surface area contributed by atoms with Crippen LogP contribution < -0.4 is 0 Å². The summed E-state index contributed by atoms with van der Waals surface area (Å²) in [7, 11) is 0. The third-order valence-electron chi connectivity index (χ3n) is 4.14. The molecule has 27 heavy (non-hydrogen) atoms. The van der Waals surface area contributed by atoms with E-state index in [1.807, 2.05) is 18.5 Å². The predicted molar refractivity (Wildman–Crippen MR) is 106 cm³/mol. The quantitative estimate of drug-likeness (QED) is 0.458. The zero-order valence-corrected chi connectivity index (χ0v) is 16.8. The van der Waals surface area contributed by atoms with Crippen LogP contribution in [0.4, 0.5) is 0 Å². The second-order valence-corrected chi connectivity index (χ2v) is 7.52. The van der Waals surface area contributed by atoms with Crippen molar-refractivity contribution in [3.8, 4) is 0 Å². The van der Waals surface area contributed by atoms with Crippen molar-refractivity contribution in [2.75, 3.05) is 0 Å². The molecule has 0 radical (unpaired) electrons. The van der Waals surface area contributed by atoms with E-state index < -0.39 is 5.97 Å². The normalized spacial score (nSPS) is 11.3. The number of carbonyl (C=O) groups is 1. The van der Waals surface area contributed by atoms with Crippen molar-refractivity contribution < 1.29 is 9.53 Å². The van der Waals surface area contributed by atoms with Gasteiger partial charge in [-0.15, -0.1) is 5.10 Å². The molecule has 0 spiro atoms. The topological polar surface area (TPSA) is 69.9 Å². The van der Waals surface area contributed by atoms with Gasteiger partial charge < -0.3 is 4.74 Å². The number of aryl methyl sites for hydroxylation is 2. The molecule has 0 bridgehead atoms. The Morgan fingerprint density at radius 2 is 2.00 bits per heavy atom. The molecule has 3 aromatic rings. The van der Waals surface area contributed by atoms with Crippen LogP contribution in [0, 0.1) is 20.8 Å². The van der Waals surface area contributed by atoms with Gasteiger partial charge in [0.1, 0.15) is 16.6 Å². The summed E-state index contributed by atoms with van der Waals surface area (Å²) in [5, 5.41) is 8.39. The Balaban J connectivity index is 1.66. The van der Waals surface area contributed by atoms with Crippen LogP contribution in [0.25, 0.3) is 6.08 Å². The lowest BCUT2D eigenvalue weighted by atomic mass is 10.1. The van der Waals surface area contributed by atoms with E-state index in [1.54, 1.807) is 6.08 Å². The second-order valence-electron chi connectivity index (χ2n) is 6.16. The number of hydrogen-bond donors (Lipinski definition) is 0. The number of carbonyl (C=O) groups excluding carboxylic acids is 1. The van der Waals surface area contributed by atoms with Gasteiger partial charge in [0.05, 0.1) is 12.2 Å². The fraction of sp³-hybridized carbons (Fsp3) is 0.263. The van der Waals surface area contributed by atoms with Gasteiger partial charge in [-0.05, 0) is 32.4 Å². The van der Waals surface area contributed by atoms with Crippen molar-refractivity contribution in [2.24, 2.45) is 0 Å². The number of halogens is 1. The highest BCUT2D eigenvalue weighted by Gasteiger charge is 2.11. The first-order valence-corrected chi connectivity index (χ1v) is 9.50. The first kappa shape index (κ1) is 19.3. The minimum atomic E-state index is -0.468. The van der Waals surface area contributed by atoms with Crippen molar-refractivity contribution in [1.82, 2.24) is 19.4 Å². The van der Waals surface area contributed by atoms with Gasteiger partial charge in [0.25, 0.3) is 0 Å².